The molecule has 2 aliphatic carbocycles. The molecule has 1 N–H and O–H groups in total. The Kier molecular flexibility index (Phi) is 7.50. The summed E-state index contributed by atoms with van der Waals surface area (Å²) in [7, 11) is 0. The zero-order chi connectivity index (χ0) is 25.1. The van der Waals surface area contributed by atoms with Gasteiger partial charge in [-0.1, -0.05) is 23.7 Å². The number of hydrogen-bond acceptors (Lipinski definition) is 3. The van der Waals surface area contributed by atoms with Gasteiger partial charge in [-0.25, -0.2) is 9.18 Å². The molecule has 5 rings (SSSR count). The quantitative estimate of drug-likeness (QED) is 0.410. The van der Waals surface area contributed by atoms with Gasteiger partial charge in [-0.3, -0.25) is 0 Å². The molecule has 0 bridgehead atoms. The molecular weight excluding hydrogens is 475 g/mol. The predicted molar refractivity (Wildman–Crippen MR) is 141 cm³/mol. The summed E-state index contributed by atoms with van der Waals surface area (Å²) < 4.78 is 13.6. The van der Waals surface area contributed by atoms with Gasteiger partial charge >= 0.3 is 6.03 Å². The number of rotatable bonds is 8. The first-order valence-electron chi connectivity index (χ1n) is 13.2. The van der Waals surface area contributed by atoms with Crippen LogP contribution in [0.15, 0.2) is 42.5 Å². The molecule has 0 aromatic heterocycles. The van der Waals surface area contributed by atoms with Crippen LogP contribution in [-0.2, 0) is 5.41 Å². The molecule has 2 aromatic rings. The van der Waals surface area contributed by atoms with Crippen LogP contribution in [0.5, 0.6) is 0 Å². The number of unbranched alkanes of at least 4 members (excludes halogenated alkanes) is 1. The molecule has 36 heavy (non-hydrogen) atoms. The van der Waals surface area contributed by atoms with Gasteiger partial charge in [0.15, 0.2) is 0 Å². The van der Waals surface area contributed by atoms with Gasteiger partial charge in [-0.15, -0.1) is 0 Å². The van der Waals surface area contributed by atoms with Gasteiger partial charge in [-0.2, -0.15) is 5.26 Å². The number of fused-ring (bicyclic) bond motifs is 1. The summed E-state index contributed by atoms with van der Waals surface area (Å²) in [4.78, 5) is 18.0. The lowest BCUT2D eigenvalue weighted by molar-refractivity contribution is 0.158. The number of hydrogen-bond donors (Lipinski definition) is 1. The van der Waals surface area contributed by atoms with E-state index in [-0.39, 0.29) is 22.5 Å². The van der Waals surface area contributed by atoms with E-state index < -0.39 is 5.82 Å². The van der Waals surface area contributed by atoms with Crippen LogP contribution in [0.1, 0.15) is 62.5 Å². The van der Waals surface area contributed by atoms with E-state index in [4.69, 9.17) is 11.6 Å². The van der Waals surface area contributed by atoms with Crippen LogP contribution >= 0.6 is 11.6 Å². The Morgan fingerprint density at radius 1 is 1.22 bits per heavy atom. The summed E-state index contributed by atoms with van der Waals surface area (Å²) in [5, 5.41) is 12.3. The number of halogens is 2. The van der Waals surface area contributed by atoms with Crippen LogP contribution < -0.4 is 5.32 Å². The van der Waals surface area contributed by atoms with Crippen molar-refractivity contribution < 1.29 is 9.18 Å². The molecule has 1 aliphatic heterocycles. The van der Waals surface area contributed by atoms with Crippen LogP contribution in [0, 0.1) is 23.1 Å². The molecule has 0 spiro atoms. The minimum absolute atomic E-state index is 0.00462. The molecule has 3 atom stereocenters. The van der Waals surface area contributed by atoms with E-state index in [1.54, 1.807) is 6.07 Å². The van der Waals surface area contributed by atoms with Crippen LogP contribution in [-0.4, -0.2) is 48.1 Å². The highest BCUT2D eigenvalue weighted by Gasteiger charge is 2.58. The van der Waals surface area contributed by atoms with Gasteiger partial charge in [0.25, 0.3) is 0 Å². The fourth-order valence-electron chi connectivity index (χ4n) is 6.39. The molecule has 7 heteroatoms. The van der Waals surface area contributed by atoms with Crippen molar-refractivity contribution >= 4 is 23.3 Å². The molecule has 2 saturated carbocycles. The first kappa shape index (κ1) is 25.0. The Morgan fingerprint density at radius 3 is 2.81 bits per heavy atom. The maximum absolute atomic E-state index is 13.6. The third-order valence-electron chi connectivity index (χ3n) is 8.47. The Balaban J connectivity index is 1.25. The fraction of sp³-hybridized carbons (Fsp3) is 0.517. The molecule has 2 aromatic carbocycles. The number of carbonyl (C=O) groups excluding carboxylic acids is 1. The Morgan fingerprint density at radius 2 is 2.06 bits per heavy atom. The molecule has 2 amide bonds. The second-order valence-electron chi connectivity index (χ2n) is 10.7. The Hall–Kier alpha value is -2.62. The SMILES string of the molecule is N#Cc1cccc([C@]23CC[C@@H](N(CCCCN4CCCC4)C(=O)Nc4ccc(F)c(Cl)c4)CC2C3)c1. The largest absolute Gasteiger partial charge is 0.322 e. The average molecular weight is 509 g/mol. The molecule has 3 fully saturated rings. The van der Waals surface area contributed by atoms with E-state index >= 15 is 0 Å². The van der Waals surface area contributed by atoms with E-state index in [0.29, 0.717) is 23.7 Å². The summed E-state index contributed by atoms with van der Waals surface area (Å²) in [5.74, 6) is 0.0385. The number of benzene rings is 2. The summed E-state index contributed by atoms with van der Waals surface area (Å²) in [5.41, 5.74) is 2.66. The minimum atomic E-state index is -0.494. The minimum Gasteiger partial charge on any atom is -0.322 e. The molecular formula is C29H34ClFN4O. The van der Waals surface area contributed by atoms with Gasteiger partial charge in [0.2, 0.25) is 0 Å². The number of urea groups is 1. The fourth-order valence-corrected chi connectivity index (χ4v) is 6.57. The monoisotopic (exact) mass is 508 g/mol. The number of carbonyl (C=O) groups is 1. The van der Waals surface area contributed by atoms with E-state index in [1.165, 1.54) is 43.6 Å². The molecule has 190 valence electrons. The first-order chi connectivity index (χ1) is 17.5. The van der Waals surface area contributed by atoms with Crippen molar-refractivity contribution in [2.24, 2.45) is 5.92 Å². The zero-order valence-corrected chi connectivity index (χ0v) is 21.4. The van der Waals surface area contributed by atoms with Gasteiger partial charge in [-0.05, 0) is 118 Å². The highest BCUT2D eigenvalue weighted by atomic mass is 35.5. The van der Waals surface area contributed by atoms with E-state index in [9.17, 15) is 14.4 Å². The Bertz CT molecular complexity index is 1140. The van der Waals surface area contributed by atoms with Gasteiger partial charge in [0.05, 0.1) is 16.7 Å². The topological polar surface area (TPSA) is 59.4 Å². The highest BCUT2D eigenvalue weighted by molar-refractivity contribution is 6.31. The third-order valence-corrected chi connectivity index (χ3v) is 8.76. The number of nitrogens with zero attached hydrogens (tertiary/aromatic N) is 3. The summed E-state index contributed by atoms with van der Waals surface area (Å²) >= 11 is 5.95. The lowest BCUT2D eigenvalue weighted by Crippen LogP contribution is -2.46. The molecule has 0 radical (unpaired) electrons. The van der Waals surface area contributed by atoms with Crippen LogP contribution in [0.3, 0.4) is 0 Å². The number of anilines is 1. The maximum atomic E-state index is 13.6. The van der Waals surface area contributed by atoms with Gasteiger partial charge in [0.1, 0.15) is 5.82 Å². The van der Waals surface area contributed by atoms with Crippen molar-refractivity contribution in [2.45, 2.75) is 62.8 Å². The second-order valence-corrected chi connectivity index (χ2v) is 11.1. The number of amides is 2. The number of nitriles is 1. The van der Waals surface area contributed by atoms with Crippen LogP contribution in [0.2, 0.25) is 5.02 Å². The average Bonchev–Trinajstić information content (AvgIpc) is 3.40. The summed E-state index contributed by atoms with van der Waals surface area (Å²) in [6, 6.07) is 14.7. The lowest BCUT2D eigenvalue weighted by atomic mass is 9.80. The van der Waals surface area contributed by atoms with E-state index in [0.717, 1.165) is 45.1 Å². The van der Waals surface area contributed by atoms with Crippen molar-refractivity contribution in [1.82, 2.24) is 9.80 Å². The standard InChI is InChI=1S/C29H34ClFN4O/c30-26-18-24(8-9-27(26)31)33-28(36)35(15-4-3-14-34-12-1-2-13-34)25-10-11-29(19-23(29)17-25)22-7-5-6-21(16-22)20-32/h5-9,16,18,23,25H,1-4,10-15,17,19H2,(H,33,36)/t23?,25-,29-/m1/s1. The van der Waals surface area contributed by atoms with Crippen LogP contribution in [0.4, 0.5) is 14.9 Å². The zero-order valence-electron chi connectivity index (χ0n) is 20.7. The number of nitrogens with one attached hydrogen (secondary N) is 1. The molecule has 1 heterocycles. The summed E-state index contributed by atoms with van der Waals surface area (Å²) in [6.45, 7) is 4.18. The lowest BCUT2D eigenvalue weighted by Gasteiger charge is -2.37. The van der Waals surface area contributed by atoms with Crippen molar-refractivity contribution in [1.29, 1.82) is 5.26 Å². The van der Waals surface area contributed by atoms with Crippen LogP contribution in [0.25, 0.3) is 0 Å². The van der Waals surface area contributed by atoms with E-state index in [2.05, 4.69) is 22.4 Å². The normalized spacial score (nSPS) is 25.1. The predicted octanol–water partition coefficient (Wildman–Crippen LogP) is 6.57. The van der Waals surface area contributed by atoms with Crippen molar-refractivity contribution in [2.75, 3.05) is 31.5 Å². The molecule has 3 aliphatic rings. The smallest absolute Gasteiger partial charge is 0.322 e. The maximum Gasteiger partial charge on any atom is 0.322 e. The second kappa shape index (κ2) is 10.8. The van der Waals surface area contributed by atoms with Crippen molar-refractivity contribution in [3.8, 4) is 6.07 Å². The summed E-state index contributed by atoms with van der Waals surface area (Å²) in [6.07, 6.45) is 8.68. The number of likely N-dealkylation sites (tertiary alicyclic amines) is 1. The van der Waals surface area contributed by atoms with Crippen molar-refractivity contribution in [3.63, 3.8) is 0 Å². The first-order valence-corrected chi connectivity index (χ1v) is 13.6. The molecule has 1 saturated heterocycles. The van der Waals surface area contributed by atoms with E-state index in [1.807, 2.05) is 23.1 Å². The Labute approximate surface area is 218 Å². The van der Waals surface area contributed by atoms with Gasteiger partial charge < -0.3 is 15.1 Å². The third kappa shape index (κ3) is 5.38. The van der Waals surface area contributed by atoms with Gasteiger partial charge in [0, 0.05) is 18.3 Å². The molecule has 5 nitrogen and oxygen atoms in total. The highest BCUT2D eigenvalue weighted by Crippen LogP contribution is 2.62. The van der Waals surface area contributed by atoms with Crippen molar-refractivity contribution in [3.05, 3.63) is 64.4 Å². The molecule has 1 unspecified atom stereocenters.